The van der Waals surface area contributed by atoms with E-state index in [2.05, 4.69) is 15.0 Å². The Kier molecular flexibility index (Phi) is 4.58. The highest BCUT2D eigenvalue weighted by atomic mass is 35.5. The van der Waals surface area contributed by atoms with Crippen molar-refractivity contribution in [2.45, 2.75) is 6.42 Å². The second-order valence-corrected chi connectivity index (χ2v) is 5.68. The lowest BCUT2D eigenvalue weighted by molar-refractivity contribution is -0.139. The van der Waals surface area contributed by atoms with Gasteiger partial charge in [0, 0.05) is 11.6 Å². The summed E-state index contributed by atoms with van der Waals surface area (Å²) < 4.78 is 10.2. The van der Waals surface area contributed by atoms with Gasteiger partial charge in [0.25, 0.3) is 5.91 Å². The number of nitrogens with one attached hydrogen (secondary N) is 1. The number of nitrogens with two attached hydrogens (primary N) is 1. The summed E-state index contributed by atoms with van der Waals surface area (Å²) in [6.45, 7) is 0. The highest BCUT2D eigenvalue weighted by Crippen LogP contribution is 2.30. The molecule has 0 aliphatic heterocycles. The molecule has 0 saturated heterocycles. The number of nitrogen functional groups attached to an aromatic ring is 1. The van der Waals surface area contributed by atoms with Gasteiger partial charge in [-0.1, -0.05) is 17.7 Å². The van der Waals surface area contributed by atoms with Gasteiger partial charge in [-0.25, -0.2) is 4.98 Å². The highest BCUT2D eigenvalue weighted by Gasteiger charge is 2.19. The number of furan rings is 1. The Hall–Kier alpha value is -3.06. The van der Waals surface area contributed by atoms with Crippen molar-refractivity contribution in [3.63, 3.8) is 0 Å². The first-order chi connectivity index (χ1) is 12.0. The molecule has 0 radical (unpaired) electrons. The van der Waals surface area contributed by atoms with Gasteiger partial charge in [0.1, 0.15) is 11.4 Å². The SMILES string of the molecule is COC(=O)Cc1ccc2oc(C(=O)Nc3ccc(Cl)cn3)c(N)c2c1. The molecule has 1 amide bonds. The van der Waals surface area contributed by atoms with E-state index in [1.165, 1.54) is 13.3 Å². The molecular formula is C17H14ClN3O4. The molecule has 0 spiro atoms. The summed E-state index contributed by atoms with van der Waals surface area (Å²) in [7, 11) is 1.32. The lowest BCUT2D eigenvalue weighted by atomic mass is 10.1. The van der Waals surface area contributed by atoms with Crippen LogP contribution in [-0.4, -0.2) is 24.0 Å². The molecule has 0 aliphatic rings. The van der Waals surface area contributed by atoms with Crippen molar-refractivity contribution in [2.24, 2.45) is 0 Å². The summed E-state index contributed by atoms with van der Waals surface area (Å²) in [6, 6.07) is 8.23. The number of ether oxygens (including phenoxy) is 1. The normalized spacial score (nSPS) is 10.6. The van der Waals surface area contributed by atoms with Crippen molar-refractivity contribution in [1.82, 2.24) is 4.98 Å². The van der Waals surface area contributed by atoms with Gasteiger partial charge >= 0.3 is 5.97 Å². The van der Waals surface area contributed by atoms with Gasteiger partial charge < -0.3 is 20.2 Å². The zero-order chi connectivity index (χ0) is 18.0. The first kappa shape index (κ1) is 16.8. The molecule has 7 nitrogen and oxygen atoms in total. The van der Waals surface area contributed by atoms with Crippen LogP contribution in [0, 0.1) is 0 Å². The van der Waals surface area contributed by atoms with Crippen molar-refractivity contribution in [3.05, 3.63) is 52.9 Å². The van der Waals surface area contributed by atoms with E-state index in [-0.39, 0.29) is 23.8 Å². The largest absolute Gasteiger partial charge is 0.469 e. The standard InChI is InChI=1S/C17H14ClN3O4/c1-24-14(22)7-9-2-4-12-11(6-9)15(19)16(25-12)17(23)21-13-5-3-10(18)8-20-13/h2-6,8H,7,19H2,1H3,(H,20,21,23). The summed E-state index contributed by atoms with van der Waals surface area (Å²) in [5, 5.41) is 3.60. The maximum absolute atomic E-state index is 12.4. The second kappa shape index (κ2) is 6.82. The number of esters is 1. The fourth-order valence-electron chi connectivity index (χ4n) is 2.30. The number of halogens is 1. The number of rotatable bonds is 4. The van der Waals surface area contributed by atoms with Gasteiger partial charge in [0.2, 0.25) is 5.76 Å². The van der Waals surface area contributed by atoms with E-state index in [1.807, 2.05) is 0 Å². The Morgan fingerprint density at radius 3 is 2.80 bits per heavy atom. The molecule has 0 atom stereocenters. The molecule has 2 aromatic heterocycles. The average Bonchev–Trinajstić information content (AvgIpc) is 2.93. The number of aromatic nitrogens is 1. The van der Waals surface area contributed by atoms with Crippen LogP contribution in [-0.2, 0) is 16.0 Å². The number of fused-ring (bicyclic) bond motifs is 1. The van der Waals surface area contributed by atoms with Gasteiger partial charge in [-0.15, -0.1) is 0 Å². The lowest BCUT2D eigenvalue weighted by Crippen LogP contribution is -2.13. The Balaban J connectivity index is 1.88. The number of nitrogens with zero attached hydrogens (tertiary/aromatic N) is 1. The molecule has 3 N–H and O–H groups in total. The monoisotopic (exact) mass is 359 g/mol. The van der Waals surface area contributed by atoms with Gasteiger partial charge in [0.15, 0.2) is 0 Å². The molecule has 3 aromatic rings. The number of methoxy groups -OCH3 is 1. The topological polar surface area (TPSA) is 107 Å². The van der Waals surface area contributed by atoms with Crippen LogP contribution in [0.1, 0.15) is 16.1 Å². The number of amides is 1. The summed E-state index contributed by atoms with van der Waals surface area (Å²) in [4.78, 5) is 27.7. The van der Waals surface area contributed by atoms with E-state index in [0.717, 1.165) is 0 Å². The number of hydrogen-bond acceptors (Lipinski definition) is 6. The number of benzene rings is 1. The van der Waals surface area contributed by atoms with Gasteiger partial charge in [-0.3, -0.25) is 9.59 Å². The van der Waals surface area contributed by atoms with E-state index in [1.54, 1.807) is 30.3 Å². The van der Waals surface area contributed by atoms with E-state index < -0.39 is 5.91 Å². The minimum Gasteiger partial charge on any atom is -0.469 e. The molecule has 2 heterocycles. The minimum atomic E-state index is -0.530. The predicted molar refractivity (Wildman–Crippen MR) is 93.5 cm³/mol. The van der Waals surface area contributed by atoms with E-state index in [0.29, 0.717) is 27.4 Å². The van der Waals surface area contributed by atoms with E-state index >= 15 is 0 Å². The van der Waals surface area contributed by atoms with Crippen molar-refractivity contribution < 1.29 is 18.7 Å². The predicted octanol–water partition coefficient (Wildman–Crippen LogP) is 3.03. The number of carbonyl (C=O) groups excluding carboxylic acids is 2. The van der Waals surface area contributed by atoms with Gasteiger partial charge in [-0.05, 0) is 29.8 Å². The van der Waals surface area contributed by atoms with Crippen LogP contribution in [0.4, 0.5) is 11.5 Å². The Labute approximate surface area is 147 Å². The number of anilines is 2. The average molecular weight is 360 g/mol. The summed E-state index contributed by atoms with van der Waals surface area (Å²) in [5.41, 5.74) is 7.38. The van der Waals surface area contributed by atoms with E-state index in [4.69, 9.17) is 21.8 Å². The van der Waals surface area contributed by atoms with Crippen molar-refractivity contribution in [1.29, 1.82) is 0 Å². The number of pyridine rings is 1. The zero-order valence-corrected chi connectivity index (χ0v) is 14.0. The molecule has 0 aliphatic carbocycles. The molecule has 128 valence electrons. The van der Waals surface area contributed by atoms with Crippen molar-refractivity contribution >= 4 is 46.0 Å². The Bertz CT molecular complexity index is 950. The van der Waals surface area contributed by atoms with Crippen LogP contribution in [0.3, 0.4) is 0 Å². The summed E-state index contributed by atoms with van der Waals surface area (Å²) in [5.74, 6) is -0.603. The molecule has 0 saturated carbocycles. The zero-order valence-electron chi connectivity index (χ0n) is 13.2. The van der Waals surface area contributed by atoms with Crippen LogP contribution >= 0.6 is 11.6 Å². The molecular weight excluding hydrogens is 346 g/mol. The van der Waals surface area contributed by atoms with Crippen molar-refractivity contribution in [2.75, 3.05) is 18.2 Å². The third-order valence-electron chi connectivity index (χ3n) is 3.54. The molecule has 1 aromatic carbocycles. The maximum atomic E-state index is 12.4. The quantitative estimate of drug-likeness (QED) is 0.693. The lowest BCUT2D eigenvalue weighted by Gasteiger charge is -2.02. The third kappa shape index (κ3) is 3.56. The summed E-state index contributed by atoms with van der Waals surface area (Å²) >= 11 is 5.76. The van der Waals surface area contributed by atoms with Gasteiger partial charge in [0.05, 0.1) is 24.2 Å². The van der Waals surface area contributed by atoms with Crippen LogP contribution in [0.15, 0.2) is 40.9 Å². The molecule has 25 heavy (non-hydrogen) atoms. The minimum absolute atomic E-state index is 0.0260. The Morgan fingerprint density at radius 2 is 2.12 bits per heavy atom. The summed E-state index contributed by atoms with van der Waals surface area (Å²) in [6.07, 6.45) is 1.52. The Morgan fingerprint density at radius 1 is 1.32 bits per heavy atom. The fraction of sp³-hybridized carbons (Fsp3) is 0.118. The molecule has 3 rings (SSSR count). The van der Waals surface area contributed by atoms with Crippen LogP contribution < -0.4 is 11.1 Å². The first-order valence-corrected chi connectivity index (χ1v) is 7.66. The van der Waals surface area contributed by atoms with Crippen LogP contribution in [0.5, 0.6) is 0 Å². The maximum Gasteiger partial charge on any atom is 0.309 e. The fourth-order valence-corrected chi connectivity index (χ4v) is 2.42. The number of carbonyl (C=O) groups is 2. The first-order valence-electron chi connectivity index (χ1n) is 7.28. The second-order valence-electron chi connectivity index (χ2n) is 5.24. The van der Waals surface area contributed by atoms with Crippen LogP contribution in [0.2, 0.25) is 5.02 Å². The van der Waals surface area contributed by atoms with Crippen LogP contribution in [0.25, 0.3) is 11.0 Å². The molecule has 0 fully saturated rings. The van der Waals surface area contributed by atoms with Gasteiger partial charge in [-0.2, -0.15) is 0 Å². The molecule has 0 unspecified atom stereocenters. The highest BCUT2D eigenvalue weighted by molar-refractivity contribution is 6.30. The molecule has 0 bridgehead atoms. The van der Waals surface area contributed by atoms with Crippen molar-refractivity contribution in [3.8, 4) is 0 Å². The van der Waals surface area contributed by atoms with E-state index in [9.17, 15) is 9.59 Å². The molecule has 8 heteroatoms. The number of hydrogen-bond donors (Lipinski definition) is 2. The third-order valence-corrected chi connectivity index (χ3v) is 3.77. The smallest absolute Gasteiger partial charge is 0.309 e.